The summed E-state index contributed by atoms with van der Waals surface area (Å²) in [6, 6.07) is 19.1. The molecule has 3 rings (SSSR count). The third-order valence-corrected chi connectivity index (χ3v) is 6.24. The Morgan fingerprint density at radius 1 is 0.929 bits per heavy atom. The minimum absolute atomic E-state index is 0.485. The van der Waals surface area contributed by atoms with Crippen molar-refractivity contribution < 1.29 is 8.78 Å². The first kappa shape index (κ1) is 21.0. The standard InChI is InChI=1S/C25H33F2N/c1-3-22(28(2)18-20-8-5-4-6-9-20)17-14-19-12-15-21(16-13-19)25-23(26)10-7-11-24(25)27/h4-6,8-9,12-13,15-16,22-25H,3,7,10-11,14,17-18H2,1-2H3. The lowest BCUT2D eigenvalue weighted by molar-refractivity contribution is 0.124. The van der Waals surface area contributed by atoms with Gasteiger partial charge in [-0.05, 0) is 62.3 Å². The zero-order valence-electron chi connectivity index (χ0n) is 17.2. The molecule has 1 nitrogen and oxygen atoms in total. The molecule has 1 aliphatic rings. The Bertz CT molecular complexity index is 690. The van der Waals surface area contributed by atoms with E-state index in [1.807, 2.05) is 18.2 Å². The molecular formula is C25H33F2N. The van der Waals surface area contributed by atoms with Gasteiger partial charge in [0, 0.05) is 18.5 Å². The molecule has 0 bridgehead atoms. The fourth-order valence-corrected chi connectivity index (χ4v) is 4.49. The lowest BCUT2D eigenvalue weighted by Crippen LogP contribution is -2.31. The molecule has 0 heterocycles. The third kappa shape index (κ3) is 5.41. The summed E-state index contributed by atoms with van der Waals surface area (Å²) in [6.07, 6.45) is 2.71. The van der Waals surface area contributed by atoms with Gasteiger partial charge in [-0.1, -0.05) is 61.5 Å². The van der Waals surface area contributed by atoms with Crippen LogP contribution in [0, 0.1) is 0 Å². The zero-order valence-corrected chi connectivity index (χ0v) is 17.2. The Morgan fingerprint density at radius 2 is 1.57 bits per heavy atom. The van der Waals surface area contributed by atoms with E-state index in [2.05, 4.69) is 55.3 Å². The van der Waals surface area contributed by atoms with Crippen molar-refractivity contribution in [3.63, 3.8) is 0 Å². The van der Waals surface area contributed by atoms with Gasteiger partial charge >= 0.3 is 0 Å². The molecule has 3 atom stereocenters. The normalized spacial score (nSPS) is 23.7. The van der Waals surface area contributed by atoms with Gasteiger partial charge < -0.3 is 0 Å². The molecule has 0 N–H and O–H groups in total. The Kier molecular flexibility index (Phi) is 7.61. The van der Waals surface area contributed by atoms with E-state index in [9.17, 15) is 8.78 Å². The summed E-state index contributed by atoms with van der Waals surface area (Å²) in [5.74, 6) is -0.580. The maximum Gasteiger partial charge on any atom is 0.110 e. The molecule has 0 aromatic heterocycles. The van der Waals surface area contributed by atoms with Gasteiger partial charge in [0.25, 0.3) is 0 Å². The molecule has 1 aliphatic carbocycles. The molecule has 2 aromatic carbocycles. The van der Waals surface area contributed by atoms with Crippen molar-refractivity contribution >= 4 is 0 Å². The number of nitrogens with zero attached hydrogens (tertiary/aromatic N) is 1. The first-order valence-electron chi connectivity index (χ1n) is 10.7. The molecule has 0 spiro atoms. The lowest BCUT2D eigenvalue weighted by atomic mass is 9.81. The van der Waals surface area contributed by atoms with Gasteiger partial charge in [0.15, 0.2) is 0 Å². The molecule has 28 heavy (non-hydrogen) atoms. The zero-order chi connectivity index (χ0) is 19.9. The number of hydrogen-bond donors (Lipinski definition) is 0. The van der Waals surface area contributed by atoms with Crippen LogP contribution in [0.1, 0.15) is 61.6 Å². The van der Waals surface area contributed by atoms with Crippen molar-refractivity contribution in [3.05, 3.63) is 71.3 Å². The monoisotopic (exact) mass is 385 g/mol. The smallest absolute Gasteiger partial charge is 0.110 e. The topological polar surface area (TPSA) is 3.24 Å². The summed E-state index contributed by atoms with van der Waals surface area (Å²) in [6.45, 7) is 3.19. The number of rotatable bonds is 8. The maximum absolute atomic E-state index is 14.2. The highest BCUT2D eigenvalue weighted by Gasteiger charge is 2.34. The second-order valence-corrected chi connectivity index (χ2v) is 8.23. The Balaban J connectivity index is 1.55. The molecule has 0 aliphatic heterocycles. The van der Waals surface area contributed by atoms with E-state index in [4.69, 9.17) is 0 Å². The quantitative estimate of drug-likeness (QED) is 0.503. The van der Waals surface area contributed by atoms with E-state index < -0.39 is 18.3 Å². The average molecular weight is 386 g/mol. The first-order chi connectivity index (χ1) is 13.6. The Labute approximate surface area is 168 Å². The molecule has 1 fully saturated rings. The molecule has 152 valence electrons. The van der Waals surface area contributed by atoms with Gasteiger partial charge in [-0.15, -0.1) is 0 Å². The van der Waals surface area contributed by atoms with E-state index in [-0.39, 0.29) is 0 Å². The van der Waals surface area contributed by atoms with Crippen molar-refractivity contribution in [2.45, 2.75) is 76.3 Å². The highest BCUT2D eigenvalue weighted by atomic mass is 19.1. The van der Waals surface area contributed by atoms with Crippen LogP contribution in [0.4, 0.5) is 8.78 Å². The van der Waals surface area contributed by atoms with Gasteiger partial charge in [0.1, 0.15) is 12.3 Å². The summed E-state index contributed by atoms with van der Waals surface area (Å²) in [7, 11) is 2.19. The van der Waals surface area contributed by atoms with Crippen molar-refractivity contribution in [2.24, 2.45) is 0 Å². The largest absolute Gasteiger partial charge is 0.299 e. The predicted octanol–water partition coefficient (Wildman–Crippen LogP) is 6.47. The second kappa shape index (κ2) is 10.2. The number of benzene rings is 2. The molecule has 0 amide bonds. The highest BCUT2D eigenvalue weighted by molar-refractivity contribution is 5.28. The van der Waals surface area contributed by atoms with Crippen LogP contribution in [0.2, 0.25) is 0 Å². The second-order valence-electron chi connectivity index (χ2n) is 8.23. The summed E-state index contributed by atoms with van der Waals surface area (Å²) < 4.78 is 28.4. The summed E-state index contributed by atoms with van der Waals surface area (Å²) >= 11 is 0. The summed E-state index contributed by atoms with van der Waals surface area (Å²) in [5, 5.41) is 0. The van der Waals surface area contributed by atoms with Gasteiger partial charge in [0.05, 0.1) is 0 Å². The molecule has 2 aromatic rings. The first-order valence-corrected chi connectivity index (χ1v) is 10.7. The van der Waals surface area contributed by atoms with Crippen LogP contribution in [-0.4, -0.2) is 30.3 Å². The highest BCUT2D eigenvalue weighted by Crippen LogP contribution is 2.37. The number of halogens is 2. The van der Waals surface area contributed by atoms with Crippen LogP contribution < -0.4 is 0 Å². The van der Waals surface area contributed by atoms with E-state index in [0.717, 1.165) is 31.4 Å². The van der Waals surface area contributed by atoms with E-state index in [0.29, 0.717) is 25.3 Å². The van der Waals surface area contributed by atoms with Crippen molar-refractivity contribution in [1.29, 1.82) is 0 Å². The van der Waals surface area contributed by atoms with Crippen LogP contribution in [0.25, 0.3) is 0 Å². The van der Waals surface area contributed by atoms with Crippen molar-refractivity contribution in [2.75, 3.05) is 7.05 Å². The average Bonchev–Trinajstić information content (AvgIpc) is 2.70. The van der Waals surface area contributed by atoms with Crippen LogP contribution in [0.15, 0.2) is 54.6 Å². The predicted molar refractivity (Wildman–Crippen MR) is 113 cm³/mol. The maximum atomic E-state index is 14.2. The van der Waals surface area contributed by atoms with Gasteiger partial charge in [-0.25, -0.2) is 8.78 Å². The summed E-state index contributed by atoms with van der Waals surface area (Å²) in [4.78, 5) is 2.42. The Hall–Kier alpha value is -1.74. The third-order valence-electron chi connectivity index (χ3n) is 6.24. The van der Waals surface area contributed by atoms with E-state index >= 15 is 0 Å². The molecular weight excluding hydrogens is 352 g/mol. The minimum Gasteiger partial charge on any atom is -0.299 e. The Morgan fingerprint density at radius 3 is 2.18 bits per heavy atom. The molecule has 0 radical (unpaired) electrons. The molecule has 3 heteroatoms. The molecule has 0 saturated heterocycles. The fraction of sp³-hybridized carbons (Fsp3) is 0.520. The number of alkyl halides is 2. The van der Waals surface area contributed by atoms with E-state index in [1.54, 1.807) is 0 Å². The van der Waals surface area contributed by atoms with Gasteiger partial charge in [0.2, 0.25) is 0 Å². The van der Waals surface area contributed by atoms with E-state index in [1.165, 1.54) is 11.1 Å². The SMILES string of the molecule is CCC(CCc1ccc(C2C(F)CCCC2F)cc1)N(C)Cc1ccccc1. The van der Waals surface area contributed by atoms with Gasteiger partial charge in [-0.2, -0.15) is 0 Å². The van der Waals surface area contributed by atoms with Crippen LogP contribution in [0.3, 0.4) is 0 Å². The summed E-state index contributed by atoms with van der Waals surface area (Å²) in [5.41, 5.74) is 3.40. The van der Waals surface area contributed by atoms with Crippen molar-refractivity contribution in [3.8, 4) is 0 Å². The van der Waals surface area contributed by atoms with Crippen molar-refractivity contribution in [1.82, 2.24) is 4.90 Å². The molecule has 3 unspecified atom stereocenters. The fourth-order valence-electron chi connectivity index (χ4n) is 4.49. The van der Waals surface area contributed by atoms with Crippen LogP contribution >= 0.6 is 0 Å². The number of hydrogen-bond acceptors (Lipinski definition) is 1. The number of aryl methyl sites for hydroxylation is 1. The van der Waals surface area contributed by atoms with Crippen LogP contribution in [0.5, 0.6) is 0 Å². The molecule has 1 saturated carbocycles. The lowest BCUT2D eigenvalue weighted by Gasteiger charge is -2.30. The van der Waals surface area contributed by atoms with Gasteiger partial charge in [-0.3, -0.25) is 4.90 Å². The minimum atomic E-state index is -1.05. The van der Waals surface area contributed by atoms with Crippen LogP contribution in [-0.2, 0) is 13.0 Å².